The number of rotatable bonds is 7. The van der Waals surface area contributed by atoms with Crippen molar-refractivity contribution in [1.82, 2.24) is 14.9 Å². The average Bonchev–Trinajstić information content (AvgIpc) is 3.64. The summed E-state index contributed by atoms with van der Waals surface area (Å²) in [4.78, 5) is 7.27. The summed E-state index contributed by atoms with van der Waals surface area (Å²) in [5.74, 6) is 0. The molecular formula is C50H38N4. The van der Waals surface area contributed by atoms with E-state index < -0.39 is 0 Å². The highest BCUT2D eigenvalue weighted by Crippen LogP contribution is 2.37. The molecule has 258 valence electrons. The highest BCUT2D eigenvalue weighted by molar-refractivity contribution is 5.90. The number of nitrogens with zero attached hydrogens (tertiary/aromatic N) is 3. The minimum Gasteiger partial charge on any atom is -0.380 e. The molecular weight excluding hydrogens is 657 g/mol. The summed E-state index contributed by atoms with van der Waals surface area (Å²) >= 11 is 0. The fraction of sp³-hybridized carbons (Fsp3) is 0.0600. The Morgan fingerprint density at radius 1 is 0.611 bits per heavy atom. The molecule has 0 spiro atoms. The SMILES string of the molecule is C1=CC(N(c2ccc(-c3cc4ccccc4cn3)cc2)c2ccc(-c3cc4ccccc4n3-c3ccccc3)cc2)CC=C1C1C=c2ccccc2=CN1. The van der Waals surface area contributed by atoms with Crippen molar-refractivity contribution in [3.8, 4) is 28.2 Å². The van der Waals surface area contributed by atoms with Gasteiger partial charge >= 0.3 is 0 Å². The fourth-order valence-electron chi connectivity index (χ4n) is 8.02. The van der Waals surface area contributed by atoms with Gasteiger partial charge in [-0.3, -0.25) is 4.98 Å². The first-order chi connectivity index (χ1) is 26.7. The Balaban J connectivity index is 1.01. The number of pyridine rings is 1. The molecule has 54 heavy (non-hydrogen) atoms. The van der Waals surface area contributed by atoms with Crippen LogP contribution in [0.4, 0.5) is 11.4 Å². The molecule has 0 radical (unpaired) electrons. The molecule has 0 saturated heterocycles. The highest BCUT2D eigenvalue weighted by Gasteiger charge is 2.23. The van der Waals surface area contributed by atoms with Gasteiger partial charge in [-0.15, -0.1) is 0 Å². The Morgan fingerprint density at radius 2 is 1.28 bits per heavy atom. The number of fused-ring (bicyclic) bond motifs is 3. The van der Waals surface area contributed by atoms with E-state index in [1.807, 2.05) is 6.20 Å². The molecule has 0 saturated carbocycles. The van der Waals surface area contributed by atoms with Crippen LogP contribution in [0.3, 0.4) is 0 Å². The predicted octanol–water partition coefficient (Wildman–Crippen LogP) is 10.1. The van der Waals surface area contributed by atoms with Gasteiger partial charge < -0.3 is 14.8 Å². The van der Waals surface area contributed by atoms with Crippen LogP contribution in [-0.2, 0) is 0 Å². The Kier molecular flexibility index (Phi) is 7.99. The molecule has 2 unspecified atom stereocenters. The molecule has 1 aliphatic heterocycles. The van der Waals surface area contributed by atoms with Crippen LogP contribution in [0.25, 0.3) is 62.2 Å². The van der Waals surface area contributed by atoms with Crippen molar-refractivity contribution in [3.63, 3.8) is 0 Å². The first-order valence-corrected chi connectivity index (χ1v) is 18.7. The first kappa shape index (κ1) is 31.8. The normalized spacial score (nSPS) is 16.2. The third-order valence-electron chi connectivity index (χ3n) is 10.8. The summed E-state index contributed by atoms with van der Waals surface area (Å²) in [6.45, 7) is 0. The number of para-hydroxylation sites is 2. The summed E-state index contributed by atoms with van der Waals surface area (Å²) in [5.41, 5.74) is 10.4. The first-order valence-electron chi connectivity index (χ1n) is 18.7. The topological polar surface area (TPSA) is 33.1 Å². The van der Waals surface area contributed by atoms with Crippen LogP contribution in [0, 0.1) is 0 Å². The summed E-state index contributed by atoms with van der Waals surface area (Å²) in [6, 6.07) is 58.9. The van der Waals surface area contributed by atoms with E-state index in [0.717, 1.165) is 40.1 Å². The van der Waals surface area contributed by atoms with E-state index in [1.165, 1.54) is 43.6 Å². The second kappa shape index (κ2) is 13.6. The van der Waals surface area contributed by atoms with Crippen LogP contribution in [0.1, 0.15) is 6.42 Å². The van der Waals surface area contributed by atoms with E-state index in [0.29, 0.717) is 0 Å². The van der Waals surface area contributed by atoms with Gasteiger partial charge in [0.15, 0.2) is 0 Å². The zero-order valence-corrected chi connectivity index (χ0v) is 29.8. The lowest BCUT2D eigenvalue weighted by Gasteiger charge is -2.34. The highest BCUT2D eigenvalue weighted by atomic mass is 15.2. The van der Waals surface area contributed by atoms with E-state index in [1.54, 1.807) is 0 Å². The molecule has 3 heterocycles. The van der Waals surface area contributed by atoms with E-state index >= 15 is 0 Å². The number of hydrogen-bond acceptors (Lipinski definition) is 3. The second-order valence-corrected chi connectivity index (χ2v) is 14.1. The Hall–Kier alpha value is -6.91. The summed E-state index contributed by atoms with van der Waals surface area (Å²) in [6.07, 6.45) is 14.4. The number of nitrogens with one attached hydrogen (secondary N) is 1. The quantitative estimate of drug-likeness (QED) is 0.180. The zero-order valence-electron chi connectivity index (χ0n) is 29.8. The molecule has 0 bridgehead atoms. The lowest BCUT2D eigenvalue weighted by atomic mass is 9.94. The van der Waals surface area contributed by atoms with Gasteiger partial charge in [0.25, 0.3) is 0 Å². The molecule has 1 aliphatic carbocycles. The predicted molar refractivity (Wildman–Crippen MR) is 225 cm³/mol. The molecule has 6 aromatic carbocycles. The van der Waals surface area contributed by atoms with E-state index in [2.05, 4.69) is 209 Å². The molecule has 0 amide bonds. The van der Waals surface area contributed by atoms with Gasteiger partial charge in [-0.1, -0.05) is 133 Å². The molecule has 2 atom stereocenters. The van der Waals surface area contributed by atoms with Crippen molar-refractivity contribution in [2.45, 2.75) is 18.5 Å². The summed E-state index contributed by atoms with van der Waals surface area (Å²) in [5, 5.41) is 9.68. The maximum atomic E-state index is 4.80. The van der Waals surface area contributed by atoms with Crippen LogP contribution >= 0.6 is 0 Å². The largest absolute Gasteiger partial charge is 0.380 e. The van der Waals surface area contributed by atoms with Gasteiger partial charge in [-0.25, -0.2) is 0 Å². The maximum absolute atomic E-state index is 4.80. The smallest absolute Gasteiger partial charge is 0.0708 e. The van der Waals surface area contributed by atoms with Crippen LogP contribution < -0.4 is 20.7 Å². The second-order valence-electron chi connectivity index (χ2n) is 14.1. The number of aromatic nitrogens is 2. The molecule has 10 rings (SSSR count). The van der Waals surface area contributed by atoms with Gasteiger partial charge in [0.1, 0.15) is 0 Å². The molecule has 0 fully saturated rings. The number of benzene rings is 6. The third-order valence-corrected chi connectivity index (χ3v) is 10.8. The minimum absolute atomic E-state index is 0.139. The lowest BCUT2D eigenvalue weighted by Crippen LogP contribution is -2.39. The fourth-order valence-corrected chi connectivity index (χ4v) is 8.02. The van der Waals surface area contributed by atoms with Crippen molar-refractivity contribution >= 4 is 45.3 Å². The van der Waals surface area contributed by atoms with Crippen LogP contribution in [-0.4, -0.2) is 21.6 Å². The van der Waals surface area contributed by atoms with Gasteiger partial charge in [0.05, 0.1) is 29.0 Å². The summed E-state index contributed by atoms with van der Waals surface area (Å²) < 4.78 is 2.37. The molecule has 2 aliphatic rings. The van der Waals surface area contributed by atoms with Crippen molar-refractivity contribution in [2.75, 3.05) is 4.90 Å². The van der Waals surface area contributed by atoms with Gasteiger partial charge in [0, 0.05) is 45.8 Å². The molecule has 8 aromatic rings. The van der Waals surface area contributed by atoms with Gasteiger partial charge in [0.2, 0.25) is 0 Å². The lowest BCUT2D eigenvalue weighted by molar-refractivity contribution is 0.761. The van der Waals surface area contributed by atoms with E-state index in [4.69, 9.17) is 4.98 Å². The monoisotopic (exact) mass is 694 g/mol. The van der Waals surface area contributed by atoms with Crippen molar-refractivity contribution < 1.29 is 0 Å². The van der Waals surface area contributed by atoms with Crippen LogP contribution in [0.15, 0.2) is 194 Å². The Bertz CT molecular complexity index is 2830. The van der Waals surface area contributed by atoms with Gasteiger partial charge in [-0.05, 0) is 88.0 Å². The van der Waals surface area contributed by atoms with Crippen LogP contribution in [0.5, 0.6) is 0 Å². The van der Waals surface area contributed by atoms with Crippen molar-refractivity contribution in [2.24, 2.45) is 0 Å². The van der Waals surface area contributed by atoms with Crippen molar-refractivity contribution in [3.05, 3.63) is 204 Å². The average molecular weight is 695 g/mol. The Labute approximate surface area is 315 Å². The minimum atomic E-state index is 0.139. The third kappa shape index (κ3) is 5.88. The van der Waals surface area contributed by atoms with Crippen molar-refractivity contribution in [1.29, 1.82) is 0 Å². The zero-order chi connectivity index (χ0) is 35.8. The maximum Gasteiger partial charge on any atom is 0.0708 e. The van der Waals surface area contributed by atoms with Crippen LogP contribution in [0.2, 0.25) is 0 Å². The summed E-state index contributed by atoms with van der Waals surface area (Å²) in [7, 11) is 0. The number of hydrogen-bond donors (Lipinski definition) is 1. The molecule has 4 heteroatoms. The van der Waals surface area contributed by atoms with Gasteiger partial charge in [-0.2, -0.15) is 0 Å². The molecule has 4 nitrogen and oxygen atoms in total. The number of anilines is 2. The Morgan fingerprint density at radius 3 is 2.04 bits per heavy atom. The molecule has 1 N–H and O–H groups in total. The van der Waals surface area contributed by atoms with E-state index in [-0.39, 0.29) is 12.1 Å². The standard InChI is InChI=1S/C50H38N4/c1-2-15-43(16-3-1)54-49-17-9-8-12-40(49)32-50(54)37-22-28-46(29-23-37)53(44-24-18-35(19-25-44)47-30-38-10-4-6-13-41(38)33-51-47)45-26-20-36(21-27-45)48-31-39-11-5-7-14-42(39)34-52-48/h1-26,28-34,45,48,52H,27H2. The molecule has 2 aromatic heterocycles. The van der Waals surface area contributed by atoms with E-state index in [9.17, 15) is 0 Å².